The Labute approximate surface area is 189 Å². The van der Waals surface area contributed by atoms with Crippen LogP contribution in [0.1, 0.15) is 18.0 Å². The van der Waals surface area contributed by atoms with Crippen molar-refractivity contribution < 1.29 is 24.1 Å². The van der Waals surface area contributed by atoms with Crippen LogP contribution in [0.2, 0.25) is 0 Å². The van der Waals surface area contributed by atoms with Gasteiger partial charge in [0.05, 0.1) is 19.0 Å². The van der Waals surface area contributed by atoms with Crippen LogP contribution in [-0.2, 0) is 9.53 Å². The average Bonchev–Trinajstić information content (AvgIpc) is 3.39. The summed E-state index contributed by atoms with van der Waals surface area (Å²) in [6.07, 6.45) is -2.19. The lowest BCUT2D eigenvalue weighted by molar-refractivity contribution is -0.125. The zero-order valence-corrected chi connectivity index (χ0v) is 18.1. The molecular weight excluding hydrogens is 433 g/mol. The number of amides is 1. The minimum Gasteiger partial charge on any atom is -0.394 e. The van der Waals surface area contributed by atoms with Crippen molar-refractivity contribution in [3.8, 4) is 0 Å². The quantitative estimate of drug-likeness (QED) is 0.372. The second-order valence-electron chi connectivity index (χ2n) is 8.03. The number of carbonyl (C=O) groups excluding carboxylic acids is 1. The van der Waals surface area contributed by atoms with E-state index < -0.39 is 49.2 Å². The number of rotatable bonds is 7. The van der Waals surface area contributed by atoms with E-state index in [1.54, 1.807) is 23.1 Å². The fourth-order valence-electron chi connectivity index (χ4n) is 3.90. The van der Waals surface area contributed by atoms with Gasteiger partial charge in [-0.2, -0.15) is 0 Å². The molecule has 0 bridgehead atoms. The zero-order valence-electron chi connectivity index (χ0n) is 18.1. The minimum absolute atomic E-state index is 0.265. The second-order valence-corrected chi connectivity index (χ2v) is 8.03. The molecular formula is C21H26FN7O4. The van der Waals surface area contributed by atoms with E-state index >= 15 is 0 Å². The number of carbonyl (C=O) groups is 1. The number of hydrogen-bond acceptors (Lipinski definition) is 9. The largest absolute Gasteiger partial charge is 0.394 e. The maximum Gasteiger partial charge on any atom is 0.240 e. The molecule has 12 heteroatoms. The molecule has 0 aliphatic carbocycles. The van der Waals surface area contributed by atoms with Crippen LogP contribution in [-0.4, -0.2) is 80.6 Å². The molecule has 0 spiro atoms. The number of anilines is 1. The summed E-state index contributed by atoms with van der Waals surface area (Å²) >= 11 is 0. The second kappa shape index (κ2) is 9.35. The molecule has 1 aliphatic heterocycles. The summed E-state index contributed by atoms with van der Waals surface area (Å²) in [5.41, 5.74) is 7.01. The third-order valence-electron chi connectivity index (χ3n) is 5.64. The molecule has 0 radical (unpaired) electrons. The molecule has 5 N–H and O–H groups in total. The lowest BCUT2D eigenvalue weighted by Crippen LogP contribution is -2.54. The summed E-state index contributed by atoms with van der Waals surface area (Å²) in [5.74, 6) is -0.235. The molecule has 33 heavy (non-hydrogen) atoms. The molecule has 1 aromatic carbocycles. The number of nitrogens with zero attached hydrogens (tertiary/aromatic N) is 5. The Bertz CT molecular complexity index is 1110. The summed E-state index contributed by atoms with van der Waals surface area (Å²) in [6, 6.07) is 5.54. The number of halogens is 1. The lowest BCUT2D eigenvalue weighted by Gasteiger charge is -2.24. The van der Waals surface area contributed by atoms with Gasteiger partial charge in [-0.05, 0) is 5.56 Å². The van der Waals surface area contributed by atoms with Crippen LogP contribution in [0.25, 0.3) is 11.2 Å². The van der Waals surface area contributed by atoms with Crippen molar-refractivity contribution in [1.82, 2.24) is 24.8 Å². The van der Waals surface area contributed by atoms with Gasteiger partial charge in [-0.3, -0.25) is 9.36 Å². The highest BCUT2D eigenvalue weighted by atomic mass is 19.1. The Kier molecular flexibility index (Phi) is 6.51. The molecule has 1 aliphatic rings. The molecule has 0 unspecified atom stereocenters. The SMILES string of the molecule is CN(C)c1ncnc2c1ncn2[C@@H]1O[C@H](CO)[C@@H](NC(=O)[C@@H](N)[C@H](F)c2ccccc2)[C@H]1O. The monoisotopic (exact) mass is 459 g/mol. The number of hydrogen-bond donors (Lipinski definition) is 4. The van der Waals surface area contributed by atoms with Crippen molar-refractivity contribution in [1.29, 1.82) is 0 Å². The number of fused-ring (bicyclic) bond motifs is 1. The Balaban J connectivity index is 1.54. The average molecular weight is 459 g/mol. The van der Waals surface area contributed by atoms with Gasteiger partial charge in [-0.25, -0.2) is 19.3 Å². The van der Waals surface area contributed by atoms with E-state index in [0.29, 0.717) is 17.0 Å². The van der Waals surface area contributed by atoms with Crippen LogP contribution in [0.5, 0.6) is 0 Å². The molecule has 3 aromatic rings. The van der Waals surface area contributed by atoms with Gasteiger partial charge >= 0.3 is 0 Å². The number of aliphatic hydroxyl groups excluding tert-OH is 2. The Morgan fingerprint density at radius 3 is 2.70 bits per heavy atom. The van der Waals surface area contributed by atoms with Crippen LogP contribution >= 0.6 is 0 Å². The molecule has 6 atom stereocenters. The van der Waals surface area contributed by atoms with Gasteiger partial charge < -0.3 is 30.9 Å². The van der Waals surface area contributed by atoms with Crippen molar-refractivity contribution in [3.63, 3.8) is 0 Å². The van der Waals surface area contributed by atoms with Crippen molar-refractivity contribution in [2.75, 3.05) is 25.6 Å². The van der Waals surface area contributed by atoms with E-state index in [4.69, 9.17) is 10.5 Å². The minimum atomic E-state index is -1.74. The molecule has 0 saturated carbocycles. The summed E-state index contributed by atoms with van der Waals surface area (Å²) in [4.78, 5) is 27.2. The first-order chi connectivity index (χ1) is 15.8. The van der Waals surface area contributed by atoms with Crippen molar-refractivity contribution in [2.45, 2.75) is 36.7 Å². The van der Waals surface area contributed by atoms with Crippen LogP contribution < -0.4 is 16.0 Å². The maximum absolute atomic E-state index is 14.7. The molecule has 2 aromatic heterocycles. The predicted octanol–water partition coefficient (Wildman–Crippen LogP) is -0.334. The number of benzene rings is 1. The molecule has 11 nitrogen and oxygen atoms in total. The highest BCUT2D eigenvalue weighted by Crippen LogP contribution is 2.33. The van der Waals surface area contributed by atoms with Gasteiger partial charge in [0.1, 0.15) is 30.7 Å². The molecule has 1 amide bonds. The summed E-state index contributed by atoms with van der Waals surface area (Å²) in [5, 5.41) is 23.3. The Morgan fingerprint density at radius 1 is 1.30 bits per heavy atom. The topological polar surface area (TPSA) is 152 Å². The van der Waals surface area contributed by atoms with E-state index in [1.807, 2.05) is 14.1 Å². The smallest absolute Gasteiger partial charge is 0.240 e. The molecule has 176 valence electrons. The third-order valence-corrected chi connectivity index (χ3v) is 5.64. The summed E-state index contributed by atoms with van der Waals surface area (Å²) in [7, 11) is 3.62. The van der Waals surface area contributed by atoms with Crippen LogP contribution in [0.3, 0.4) is 0 Å². The van der Waals surface area contributed by atoms with E-state index in [0.717, 1.165) is 0 Å². The number of nitrogens with one attached hydrogen (secondary N) is 1. The first-order valence-electron chi connectivity index (χ1n) is 10.4. The number of alkyl halides is 1. The van der Waals surface area contributed by atoms with E-state index in [2.05, 4.69) is 20.3 Å². The molecule has 3 heterocycles. The van der Waals surface area contributed by atoms with Crippen molar-refractivity contribution >= 4 is 22.9 Å². The number of aromatic nitrogens is 4. The molecule has 1 fully saturated rings. The predicted molar refractivity (Wildman–Crippen MR) is 117 cm³/mol. The summed E-state index contributed by atoms with van der Waals surface area (Å²) < 4.78 is 22.1. The fraction of sp³-hybridized carbons (Fsp3) is 0.429. The van der Waals surface area contributed by atoms with Crippen LogP contribution in [0, 0.1) is 0 Å². The number of nitrogens with two attached hydrogens (primary N) is 1. The van der Waals surface area contributed by atoms with Gasteiger partial charge in [-0.15, -0.1) is 0 Å². The van der Waals surface area contributed by atoms with Gasteiger partial charge in [0.15, 0.2) is 23.2 Å². The van der Waals surface area contributed by atoms with Crippen molar-refractivity contribution in [3.05, 3.63) is 48.5 Å². The fourth-order valence-corrected chi connectivity index (χ4v) is 3.90. The van der Waals surface area contributed by atoms with Crippen molar-refractivity contribution in [2.24, 2.45) is 5.73 Å². The Morgan fingerprint density at radius 2 is 2.03 bits per heavy atom. The highest BCUT2D eigenvalue weighted by molar-refractivity contribution is 5.83. The number of imidazole rings is 1. The standard InChI is InChI=1S/C21H26FN7O4/c1-28(2)18-16-19(25-9-24-18)29(10-26-16)21-17(31)15(12(8-30)33-21)27-20(32)14(23)13(22)11-6-4-3-5-7-11/h3-7,9-10,12-15,17,21,30-31H,8,23H2,1-2H3,(H,27,32)/t12-,13-,14+,15-,17-,21-/m1/s1. The Hall–Kier alpha value is -3.19. The van der Waals surface area contributed by atoms with E-state index in [-0.39, 0.29) is 5.56 Å². The van der Waals surface area contributed by atoms with Gasteiger partial charge in [0.2, 0.25) is 5.91 Å². The molecule has 4 rings (SSSR count). The number of aliphatic hydroxyl groups is 2. The zero-order chi connectivity index (χ0) is 23.7. The van der Waals surface area contributed by atoms with Crippen LogP contribution in [0.15, 0.2) is 43.0 Å². The van der Waals surface area contributed by atoms with E-state index in [9.17, 15) is 19.4 Å². The first-order valence-corrected chi connectivity index (χ1v) is 10.4. The van der Waals surface area contributed by atoms with Gasteiger partial charge in [0, 0.05) is 14.1 Å². The number of ether oxygens (including phenoxy) is 1. The first kappa shape index (κ1) is 23.0. The van der Waals surface area contributed by atoms with E-state index in [1.165, 1.54) is 29.4 Å². The maximum atomic E-state index is 14.7. The normalized spacial score (nSPS) is 24.5. The lowest BCUT2D eigenvalue weighted by atomic mass is 10.0. The van der Waals surface area contributed by atoms with Gasteiger partial charge in [0.25, 0.3) is 0 Å². The summed E-state index contributed by atoms with van der Waals surface area (Å²) in [6.45, 7) is -0.490. The molecule has 1 saturated heterocycles. The third kappa shape index (κ3) is 4.25. The van der Waals surface area contributed by atoms with Crippen LogP contribution in [0.4, 0.5) is 10.2 Å². The highest BCUT2D eigenvalue weighted by Gasteiger charge is 2.46. The van der Waals surface area contributed by atoms with Gasteiger partial charge in [-0.1, -0.05) is 30.3 Å².